The number of aryl methyl sites for hydroxylation is 2. The molecule has 2 aromatic heterocycles. The number of hydrogen-bond donors (Lipinski definition) is 1. The zero-order valence-corrected chi connectivity index (χ0v) is 15.9. The second-order valence-corrected chi connectivity index (χ2v) is 7.83. The van der Waals surface area contributed by atoms with E-state index in [1.807, 2.05) is 11.5 Å². The normalized spacial score (nSPS) is 20.2. The molecule has 25 heavy (non-hydrogen) atoms. The SMILES string of the molecule is Cc1c(C(=O)N2CC[C@@H](N)C2)sc2nc3n(c(=O)c12)CCCCC3.Cl. The van der Waals surface area contributed by atoms with Gasteiger partial charge in [0.2, 0.25) is 0 Å². The molecule has 0 radical (unpaired) electrons. The summed E-state index contributed by atoms with van der Waals surface area (Å²) in [6.07, 6.45) is 4.89. The van der Waals surface area contributed by atoms with Crippen molar-refractivity contribution in [1.29, 1.82) is 0 Å². The lowest BCUT2D eigenvalue weighted by Gasteiger charge is -2.14. The fraction of sp³-hybridized carbons (Fsp3) is 0.588. The molecule has 0 saturated carbocycles. The molecule has 0 bridgehead atoms. The maximum atomic E-state index is 12.9. The van der Waals surface area contributed by atoms with Crippen LogP contribution < -0.4 is 11.3 Å². The molecule has 2 aliphatic heterocycles. The Morgan fingerprint density at radius 3 is 2.80 bits per heavy atom. The monoisotopic (exact) mass is 382 g/mol. The van der Waals surface area contributed by atoms with Gasteiger partial charge in [0, 0.05) is 32.1 Å². The summed E-state index contributed by atoms with van der Waals surface area (Å²) >= 11 is 1.36. The zero-order valence-electron chi connectivity index (χ0n) is 14.3. The van der Waals surface area contributed by atoms with E-state index in [9.17, 15) is 9.59 Å². The maximum Gasteiger partial charge on any atom is 0.264 e. The number of halogens is 1. The highest BCUT2D eigenvalue weighted by atomic mass is 35.5. The number of carbonyl (C=O) groups is 1. The van der Waals surface area contributed by atoms with E-state index in [-0.39, 0.29) is 29.9 Å². The van der Waals surface area contributed by atoms with Crippen LogP contribution in [0.15, 0.2) is 4.79 Å². The third kappa shape index (κ3) is 3.09. The summed E-state index contributed by atoms with van der Waals surface area (Å²) in [5.74, 6) is 0.858. The van der Waals surface area contributed by atoms with Gasteiger partial charge < -0.3 is 10.6 Å². The van der Waals surface area contributed by atoms with Crippen LogP contribution in [0.1, 0.15) is 46.7 Å². The quantitative estimate of drug-likeness (QED) is 0.818. The number of thiophene rings is 1. The second kappa shape index (κ2) is 7.05. The van der Waals surface area contributed by atoms with Crippen molar-refractivity contribution in [3.05, 3.63) is 26.6 Å². The third-order valence-electron chi connectivity index (χ3n) is 5.12. The van der Waals surface area contributed by atoms with Crippen molar-refractivity contribution in [2.24, 2.45) is 5.73 Å². The van der Waals surface area contributed by atoms with Gasteiger partial charge in [-0.15, -0.1) is 23.7 Å². The molecule has 0 unspecified atom stereocenters. The molecule has 136 valence electrons. The molecule has 0 spiro atoms. The van der Waals surface area contributed by atoms with Crippen molar-refractivity contribution in [2.75, 3.05) is 13.1 Å². The first-order chi connectivity index (χ1) is 11.6. The lowest BCUT2D eigenvalue weighted by Crippen LogP contribution is -2.31. The van der Waals surface area contributed by atoms with E-state index in [0.29, 0.717) is 28.2 Å². The van der Waals surface area contributed by atoms with Gasteiger partial charge in [-0.2, -0.15) is 0 Å². The Bertz CT molecular complexity index is 876. The molecular weight excluding hydrogens is 360 g/mol. The Balaban J connectivity index is 0.00000182. The molecular formula is C17H23ClN4O2S. The maximum absolute atomic E-state index is 12.9. The van der Waals surface area contributed by atoms with Crippen LogP contribution in [0.25, 0.3) is 10.2 Å². The van der Waals surface area contributed by atoms with Crippen LogP contribution in [0, 0.1) is 6.92 Å². The highest BCUT2D eigenvalue weighted by molar-refractivity contribution is 7.20. The predicted molar refractivity (Wildman–Crippen MR) is 102 cm³/mol. The first kappa shape index (κ1) is 18.4. The van der Waals surface area contributed by atoms with Crippen molar-refractivity contribution in [3.8, 4) is 0 Å². The van der Waals surface area contributed by atoms with Crippen LogP contribution in [0.2, 0.25) is 0 Å². The highest BCUT2D eigenvalue weighted by Crippen LogP contribution is 2.30. The number of carbonyl (C=O) groups excluding carboxylic acids is 1. The fourth-order valence-electron chi connectivity index (χ4n) is 3.73. The number of rotatable bonds is 1. The number of fused-ring (bicyclic) bond motifs is 2. The first-order valence-electron chi connectivity index (χ1n) is 8.64. The minimum absolute atomic E-state index is 0. The summed E-state index contributed by atoms with van der Waals surface area (Å²) in [4.78, 5) is 33.6. The Morgan fingerprint density at radius 2 is 2.08 bits per heavy atom. The molecule has 1 saturated heterocycles. The molecule has 0 aliphatic carbocycles. The molecule has 4 rings (SSSR count). The standard InChI is InChI=1S/C17H22N4O2S.ClH/c1-10-13-15(19-12-5-3-2-4-7-21(12)16(13)22)24-14(10)17(23)20-8-6-11(18)9-20;/h11H,2-9,18H2,1H3;1H/t11-;/m1./s1. The van der Waals surface area contributed by atoms with Crippen molar-refractivity contribution in [3.63, 3.8) is 0 Å². The summed E-state index contributed by atoms with van der Waals surface area (Å²) < 4.78 is 1.81. The van der Waals surface area contributed by atoms with Gasteiger partial charge >= 0.3 is 0 Å². The van der Waals surface area contributed by atoms with E-state index in [0.717, 1.165) is 50.0 Å². The Hall–Kier alpha value is -1.44. The summed E-state index contributed by atoms with van der Waals surface area (Å²) in [7, 11) is 0. The van der Waals surface area contributed by atoms with Gasteiger partial charge in [0.05, 0.1) is 10.3 Å². The largest absolute Gasteiger partial charge is 0.336 e. The van der Waals surface area contributed by atoms with Gasteiger partial charge in [-0.1, -0.05) is 6.42 Å². The lowest BCUT2D eigenvalue weighted by atomic mass is 10.2. The van der Waals surface area contributed by atoms with Gasteiger partial charge in [-0.25, -0.2) is 4.98 Å². The minimum atomic E-state index is -0.0111. The number of nitrogens with zero attached hydrogens (tertiary/aromatic N) is 3. The smallest absolute Gasteiger partial charge is 0.264 e. The number of likely N-dealkylation sites (tertiary alicyclic amines) is 1. The van der Waals surface area contributed by atoms with E-state index in [1.165, 1.54) is 11.3 Å². The van der Waals surface area contributed by atoms with Crippen LogP contribution in [-0.4, -0.2) is 39.5 Å². The summed E-state index contributed by atoms with van der Waals surface area (Å²) in [6.45, 7) is 3.89. The molecule has 1 fully saturated rings. The number of nitrogens with two attached hydrogens (primary N) is 1. The van der Waals surface area contributed by atoms with E-state index in [4.69, 9.17) is 10.7 Å². The molecule has 1 atom stereocenters. The van der Waals surface area contributed by atoms with E-state index in [2.05, 4.69) is 0 Å². The summed E-state index contributed by atoms with van der Waals surface area (Å²) in [5.41, 5.74) is 6.71. The fourth-order valence-corrected chi connectivity index (χ4v) is 4.89. The van der Waals surface area contributed by atoms with Crippen molar-refractivity contribution < 1.29 is 4.79 Å². The average Bonchev–Trinajstić information content (AvgIpc) is 3.03. The van der Waals surface area contributed by atoms with Gasteiger partial charge in [0.25, 0.3) is 11.5 Å². The van der Waals surface area contributed by atoms with Crippen LogP contribution in [0.4, 0.5) is 0 Å². The second-order valence-electron chi connectivity index (χ2n) is 6.83. The topological polar surface area (TPSA) is 81.2 Å². The molecule has 4 heterocycles. The van der Waals surface area contributed by atoms with Crippen molar-refractivity contribution in [1.82, 2.24) is 14.5 Å². The van der Waals surface area contributed by atoms with Crippen LogP contribution in [0.3, 0.4) is 0 Å². The zero-order chi connectivity index (χ0) is 16.8. The molecule has 0 aromatic carbocycles. The van der Waals surface area contributed by atoms with Crippen LogP contribution in [0.5, 0.6) is 0 Å². The highest BCUT2D eigenvalue weighted by Gasteiger charge is 2.29. The molecule has 2 aliphatic rings. The number of aromatic nitrogens is 2. The number of hydrogen-bond acceptors (Lipinski definition) is 5. The summed E-state index contributed by atoms with van der Waals surface area (Å²) in [5, 5.41) is 0.623. The number of amides is 1. The van der Waals surface area contributed by atoms with E-state index < -0.39 is 0 Å². The summed E-state index contributed by atoms with van der Waals surface area (Å²) in [6, 6.07) is 0.0587. The van der Waals surface area contributed by atoms with Gasteiger partial charge in [-0.3, -0.25) is 14.2 Å². The van der Waals surface area contributed by atoms with Crippen molar-refractivity contribution in [2.45, 2.75) is 51.6 Å². The first-order valence-corrected chi connectivity index (χ1v) is 9.45. The van der Waals surface area contributed by atoms with Crippen LogP contribution in [-0.2, 0) is 13.0 Å². The molecule has 2 aromatic rings. The lowest BCUT2D eigenvalue weighted by molar-refractivity contribution is 0.0795. The Morgan fingerprint density at radius 1 is 1.28 bits per heavy atom. The predicted octanol–water partition coefficient (Wildman–Crippen LogP) is 2.09. The van der Waals surface area contributed by atoms with Gasteiger partial charge in [0.1, 0.15) is 10.7 Å². The molecule has 6 nitrogen and oxygen atoms in total. The van der Waals surface area contributed by atoms with Gasteiger partial charge in [-0.05, 0) is 31.7 Å². The molecule has 1 amide bonds. The Labute approximate surface area is 156 Å². The third-order valence-corrected chi connectivity index (χ3v) is 6.29. The van der Waals surface area contributed by atoms with E-state index in [1.54, 1.807) is 4.90 Å². The molecule has 8 heteroatoms. The van der Waals surface area contributed by atoms with Gasteiger partial charge in [0.15, 0.2) is 0 Å². The molecule has 2 N–H and O–H groups in total. The van der Waals surface area contributed by atoms with Crippen LogP contribution >= 0.6 is 23.7 Å². The van der Waals surface area contributed by atoms with E-state index >= 15 is 0 Å². The average molecular weight is 383 g/mol. The Kier molecular flexibility index (Phi) is 5.18. The van der Waals surface area contributed by atoms with Crippen molar-refractivity contribution >= 4 is 39.9 Å². The minimum Gasteiger partial charge on any atom is -0.336 e.